The van der Waals surface area contributed by atoms with Gasteiger partial charge in [0.25, 0.3) is 0 Å². The van der Waals surface area contributed by atoms with Gasteiger partial charge in [0, 0.05) is 11.8 Å². The quantitative estimate of drug-likeness (QED) is 0.678. The van der Waals surface area contributed by atoms with Crippen LogP contribution in [0.4, 0.5) is 5.82 Å². The molecule has 4 N–H and O–H groups in total. The Morgan fingerprint density at radius 3 is 2.65 bits per heavy atom. The van der Waals surface area contributed by atoms with Crippen LogP contribution in [-0.2, 0) is 0 Å². The van der Waals surface area contributed by atoms with E-state index in [2.05, 4.69) is 20.4 Å². The van der Waals surface area contributed by atoms with Gasteiger partial charge in [0.05, 0.1) is 24.1 Å². The minimum atomic E-state index is 0.463. The summed E-state index contributed by atoms with van der Waals surface area (Å²) in [4.78, 5) is 0. The molecule has 0 aliphatic carbocycles. The number of anilines is 1. The Hall–Kier alpha value is -2.76. The first-order valence-electron chi connectivity index (χ1n) is 6.35. The van der Waals surface area contributed by atoms with Gasteiger partial charge in [-0.15, -0.1) is 0 Å². The number of aromatic amines is 2. The molecule has 0 bridgehead atoms. The molecule has 0 radical (unpaired) electrons. The predicted octanol–water partition coefficient (Wildman–Crippen LogP) is 2.45. The van der Waals surface area contributed by atoms with Gasteiger partial charge in [-0.25, -0.2) is 0 Å². The summed E-state index contributed by atoms with van der Waals surface area (Å²) in [6.07, 6.45) is 3.52. The molecule has 6 nitrogen and oxygen atoms in total. The molecule has 0 atom stereocenters. The molecule has 0 amide bonds. The van der Waals surface area contributed by atoms with E-state index in [-0.39, 0.29) is 0 Å². The number of rotatable bonds is 4. The molecule has 0 fully saturated rings. The van der Waals surface area contributed by atoms with Crippen molar-refractivity contribution in [3.05, 3.63) is 36.7 Å². The maximum absolute atomic E-state index is 5.97. The molecule has 102 valence electrons. The lowest BCUT2D eigenvalue weighted by Crippen LogP contribution is -1.92. The van der Waals surface area contributed by atoms with Gasteiger partial charge in [-0.05, 0) is 24.6 Å². The number of nitrogens with one attached hydrogen (secondary N) is 2. The third kappa shape index (κ3) is 2.11. The lowest BCUT2D eigenvalue weighted by molar-refractivity contribution is 0.340. The lowest BCUT2D eigenvalue weighted by atomic mass is 10.0. The van der Waals surface area contributed by atoms with E-state index in [4.69, 9.17) is 10.5 Å². The van der Waals surface area contributed by atoms with Crippen LogP contribution in [0.3, 0.4) is 0 Å². The summed E-state index contributed by atoms with van der Waals surface area (Å²) >= 11 is 0. The Morgan fingerprint density at radius 2 is 2.00 bits per heavy atom. The number of nitrogens with two attached hydrogens (primary N) is 1. The summed E-state index contributed by atoms with van der Waals surface area (Å²) < 4.78 is 5.44. The third-order valence-corrected chi connectivity index (χ3v) is 3.04. The van der Waals surface area contributed by atoms with Gasteiger partial charge in [-0.1, -0.05) is 12.1 Å². The summed E-state index contributed by atoms with van der Waals surface area (Å²) in [5.41, 5.74) is 9.59. The first-order valence-corrected chi connectivity index (χ1v) is 6.35. The highest BCUT2D eigenvalue weighted by molar-refractivity contribution is 5.87. The highest BCUT2D eigenvalue weighted by Crippen LogP contribution is 2.34. The van der Waals surface area contributed by atoms with Crippen molar-refractivity contribution in [2.75, 3.05) is 12.3 Å². The minimum absolute atomic E-state index is 0.463. The fraction of sp³-hybridized carbons (Fsp3) is 0.143. The standard InChI is InChI=1S/C14H15N5O/c1-2-20-11-5-3-9(4-6-11)12-13(18-19-14(12)15)10-7-16-17-8-10/h3-8H,2H2,1H3,(H,16,17)(H3,15,18,19). The number of nitrogens with zero attached hydrogens (tertiary/aromatic N) is 2. The van der Waals surface area contributed by atoms with Crippen LogP contribution in [0.1, 0.15) is 6.92 Å². The van der Waals surface area contributed by atoms with Crippen molar-refractivity contribution < 1.29 is 4.74 Å². The number of hydrogen-bond acceptors (Lipinski definition) is 4. The smallest absolute Gasteiger partial charge is 0.153 e. The van der Waals surface area contributed by atoms with Crippen molar-refractivity contribution in [2.45, 2.75) is 6.92 Å². The first kappa shape index (κ1) is 12.3. The van der Waals surface area contributed by atoms with Crippen LogP contribution < -0.4 is 10.5 Å². The van der Waals surface area contributed by atoms with Gasteiger partial charge >= 0.3 is 0 Å². The zero-order valence-electron chi connectivity index (χ0n) is 11.1. The normalized spacial score (nSPS) is 10.7. The molecule has 20 heavy (non-hydrogen) atoms. The van der Waals surface area contributed by atoms with Crippen LogP contribution in [0.25, 0.3) is 22.4 Å². The Labute approximate surface area is 116 Å². The van der Waals surface area contributed by atoms with Gasteiger partial charge in [0.1, 0.15) is 5.75 Å². The van der Waals surface area contributed by atoms with Crippen LogP contribution in [0.2, 0.25) is 0 Å². The Balaban J connectivity index is 2.03. The van der Waals surface area contributed by atoms with Crippen LogP contribution >= 0.6 is 0 Å². The van der Waals surface area contributed by atoms with Crippen LogP contribution in [0.5, 0.6) is 5.75 Å². The molecular weight excluding hydrogens is 254 g/mol. The zero-order chi connectivity index (χ0) is 13.9. The average Bonchev–Trinajstić information content (AvgIpc) is 3.09. The highest BCUT2D eigenvalue weighted by atomic mass is 16.5. The molecule has 0 spiro atoms. The van der Waals surface area contributed by atoms with Crippen molar-refractivity contribution in [3.63, 3.8) is 0 Å². The van der Waals surface area contributed by atoms with Crippen LogP contribution in [-0.4, -0.2) is 27.0 Å². The van der Waals surface area contributed by atoms with Crippen LogP contribution in [0.15, 0.2) is 36.7 Å². The molecule has 0 unspecified atom stereocenters. The average molecular weight is 269 g/mol. The largest absolute Gasteiger partial charge is 0.494 e. The van der Waals surface area contributed by atoms with E-state index in [1.807, 2.05) is 31.2 Å². The van der Waals surface area contributed by atoms with Gasteiger partial charge in [-0.2, -0.15) is 10.2 Å². The molecule has 3 aromatic rings. The number of ether oxygens (including phenoxy) is 1. The van der Waals surface area contributed by atoms with E-state index in [1.165, 1.54) is 0 Å². The summed E-state index contributed by atoms with van der Waals surface area (Å²) in [6.45, 7) is 2.60. The fourth-order valence-electron chi connectivity index (χ4n) is 2.13. The van der Waals surface area contributed by atoms with Crippen LogP contribution in [0, 0.1) is 0 Å². The molecule has 0 saturated carbocycles. The molecular formula is C14H15N5O. The molecule has 3 rings (SSSR count). The highest BCUT2D eigenvalue weighted by Gasteiger charge is 2.15. The van der Waals surface area contributed by atoms with E-state index in [0.29, 0.717) is 12.4 Å². The molecule has 0 saturated heterocycles. The zero-order valence-corrected chi connectivity index (χ0v) is 11.1. The van der Waals surface area contributed by atoms with Crippen molar-refractivity contribution >= 4 is 5.82 Å². The number of aromatic nitrogens is 4. The van der Waals surface area contributed by atoms with Crippen molar-refractivity contribution in [1.29, 1.82) is 0 Å². The Kier molecular flexibility index (Phi) is 3.12. The number of H-pyrrole nitrogens is 2. The second-order valence-electron chi connectivity index (χ2n) is 4.30. The summed E-state index contributed by atoms with van der Waals surface area (Å²) in [7, 11) is 0. The first-order chi connectivity index (χ1) is 9.79. The van der Waals surface area contributed by atoms with Crippen molar-refractivity contribution in [2.24, 2.45) is 0 Å². The molecule has 0 aliphatic rings. The number of hydrogen-bond donors (Lipinski definition) is 3. The van der Waals surface area contributed by atoms with Crippen molar-refractivity contribution in [3.8, 4) is 28.1 Å². The predicted molar refractivity (Wildman–Crippen MR) is 77.2 cm³/mol. The SMILES string of the molecule is CCOc1ccc(-c2c(N)n[nH]c2-c2cn[nH]c2)cc1. The van der Waals surface area contributed by atoms with E-state index in [0.717, 1.165) is 28.1 Å². The van der Waals surface area contributed by atoms with Gasteiger partial charge in [0.2, 0.25) is 0 Å². The third-order valence-electron chi connectivity index (χ3n) is 3.04. The molecule has 2 heterocycles. The summed E-state index contributed by atoms with van der Waals surface area (Å²) in [5.74, 6) is 1.30. The summed E-state index contributed by atoms with van der Waals surface area (Å²) in [5, 5.41) is 13.8. The second-order valence-corrected chi connectivity index (χ2v) is 4.30. The van der Waals surface area contributed by atoms with E-state index < -0.39 is 0 Å². The monoisotopic (exact) mass is 269 g/mol. The fourth-order valence-corrected chi connectivity index (χ4v) is 2.13. The van der Waals surface area contributed by atoms with E-state index in [9.17, 15) is 0 Å². The maximum atomic E-state index is 5.97. The minimum Gasteiger partial charge on any atom is -0.494 e. The number of benzene rings is 1. The Bertz CT molecular complexity index is 685. The van der Waals surface area contributed by atoms with Crippen molar-refractivity contribution in [1.82, 2.24) is 20.4 Å². The second kappa shape index (κ2) is 5.08. The summed E-state index contributed by atoms with van der Waals surface area (Å²) in [6, 6.07) is 7.78. The molecule has 1 aromatic carbocycles. The maximum Gasteiger partial charge on any atom is 0.153 e. The Morgan fingerprint density at radius 1 is 1.20 bits per heavy atom. The van der Waals surface area contributed by atoms with E-state index in [1.54, 1.807) is 12.4 Å². The van der Waals surface area contributed by atoms with Gasteiger partial charge in [0.15, 0.2) is 5.82 Å². The molecule has 6 heteroatoms. The van der Waals surface area contributed by atoms with Gasteiger partial charge in [-0.3, -0.25) is 10.2 Å². The number of nitrogen functional groups attached to an aromatic ring is 1. The molecule has 2 aromatic heterocycles. The van der Waals surface area contributed by atoms with E-state index >= 15 is 0 Å². The lowest BCUT2D eigenvalue weighted by Gasteiger charge is -2.06. The topological polar surface area (TPSA) is 92.6 Å². The van der Waals surface area contributed by atoms with Gasteiger partial charge < -0.3 is 10.5 Å². The molecule has 0 aliphatic heterocycles.